The third-order valence-corrected chi connectivity index (χ3v) is 0.982. The van der Waals surface area contributed by atoms with E-state index in [4.69, 9.17) is 9.99 Å². The van der Waals surface area contributed by atoms with E-state index in [1.807, 2.05) is 13.8 Å². The van der Waals surface area contributed by atoms with Crippen LogP contribution in [0.2, 0.25) is 0 Å². The highest BCUT2D eigenvalue weighted by atomic mass is 17.2. The van der Waals surface area contributed by atoms with E-state index in [2.05, 4.69) is 4.89 Å². The van der Waals surface area contributed by atoms with Crippen molar-refractivity contribution < 1.29 is 14.9 Å². The number of rotatable bonds is 5. The van der Waals surface area contributed by atoms with E-state index < -0.39 is 0 Å². The van der Waals surface area contributed by atoms with Crippen molar-refractivity contribution in [3.8, 4) is 0 Å². The maximum atomic E-state index is 8.25. The molecule has 0 amide bonds. The Kier molecular flexibility index (Phi) is 5.93. The molecule has 9 heavy (non-hydrogen) atoms. The average Bonchev–Trinajstić information content (AvgIpc) is 1.89. The Morgan fingerprint density at radius 2 is 2.22 bits per heavy atom. The van der Waals surface area contributed by atoms with Crippen LogP contribution in [-0.4, -0.2) is 24.4 Å². The first-order chi connectivity index (χ1) is 4.31. The molecule has 0 aliphatic rings. The van der Waals surface area contributed by atoms with Crippen molar-refractivity contribution in [2.75, 3.05) is 13.2 Å². The summed E-state index contributed by atoms with van der Waals surface area (Å²) in [6.45, 7) is 4.19. The number of hydrogen-bond acceptors (Lipinski definition) is 3. The van der Waals surface area contributed by atoms with Gasteiger partial charge in [0.15, 0.2) is 0 Å². The summed E-state index contributed by atoms with van der Waals surface area (Å²) in [5, 5.41) is 8.25. The lowest BCUT2D eigenvalue weighted by Gasteiger charge is -2.07. The van der Waals surface area contributed by atoms with Gasteiger partial charge >= 0.3 is 0 Å². The van der Waals surface area contributed by atoms with Crippen LogP contribution in [0.1, 0.15) is 20.3 Å². The second-order valence-corrected chi connectivity index (χ2v) is 1.86. The van der Waals surface area contributed by atoms with E-state index in [1.165, 1.54) is 0 Å². The van der Waals surface area contributed by atoms with Crippen LogP contribution >= 0.6 is 0 Å². The van der Waals surface area contributed by atoms with Crippen molar-refractivity contribution >= 4 is 0 Å². The number of aliphatic hydroxyl groups is 1. The summed E-state index contributed by atoms with van der Waals surface area (Å²) in [6.07, 6.45) is 1.04. The van der Waals surface area contributed by atoms with Gasteiger partial charge < -0.3 is 5.11 Å². The highest BCUT2D eigenvalue weighted by Gasteiger charge is 1.96. The molecule has 1 N–H and O–H groups in total. The normalized spacial score (nSPS) is 13.7. The molecule has 0 rings (SSSR count). The van der Waals surface area contributed by atoms with Crippen molar-refractivity contribution in [1.82, 2.24) is 0 Å². The molecule has 0 fully saturated rings. The molecule has 0 heterocycles. The Morgan fingerprint density at radius 1 is 1.56 bits per heavy atom. The summed E-state index contributed by atoms with van der Waals surface area (Å²) in [6, 6.07) is 0. The molecule has 1 atom stereocenters. The molecule has 0 aliphatic carbocycles. The second-order valence-electron chi connectivity index (χ2n) is 1.86. The molecule has 0 radical (unpaired) electrons. The summed E-state index contributed by atoms with van der Waals surface area (Å²) >= 11 is 0. The summed E-state index contributed by atoms with van der Waals surface area (Å²) in [7, 11) is 0. The average molecular weight is 134 g/mol. The van der Waals surface area contributed by atoms with E-state index in [0.717, 1.165) is 6.42 Å². The summed E-state index contributed by atoms with van der Waals surface area (Å²) in [5.41, 5.74) is 0. The number of hydrogen-bond donors (Lipinski definition) is 1. The molecule has 3 heteroatoms. The minimum atomic E-state index is 0.0104. The van der Waals surface area contributed by atoms with Crippen LogP contribution in [0.3, 0.4) is 0 Å². The van der Waals surface area contributed by atoms with Crippen molar-refractivity contribution in [3.63, 3.8) is 0 Å². The number of aliphatic hydroxyl groups excluding tert-OH is 1. The fraction of sp³-hybridized carbons (Fsp3) is 1.00. The van der Waals surface area contributed by atoms with Crippen LogP contribution in [0.5, 0.6) is 0 Å². The van der Waals surface area contributed by atoms with Gasteiger partial charge in [-0.3, -0.25) is 0 Å². The first-order valence-electron chi connectivity index (χ1n) is 3.20. The van der Waals surface area contributed by atoms with E-state index in [1.54, 1.807) is 0 Å². The smallest absolute Gasteiger partial charge is 0.105 e. The van der Waals surface area contributed by atoms with E-state index in [-0.39, 0.29) is 19.3 Å². The minimum absolute atomic E-state index is 0.0104. The summed E-state index contributed by atoms with van der Waals surface area (Å²) in [5.74, 6) is 0. The zero-order chi connectivity index (χ0) is 7.11. The van der Waals surface area contributed by atoms with Gasteiger partial charge in [-0.1, -0.05) is 6.92 Å². The van der Waals surface area contributed by atoms with Gasteiger partial charge in [0.1, 0.15) is 6.61 Å². The van der Waals surface area contributed by atoms with Gasteiger partial charge in [0.25, 0.3) is 0 Å². The Morgan fingerprint density at radius 3 is 2.67 bits per heavy atom. The lowest BCUT2D eigenvalue weighted by atomic mass is 10.3. The van der Waals surface area contributed by atoms with Crippen LogP contribution in [0.25, 0.3) is 0 Å². The zero-order valence-electron chi connectivity index (χ0n) is 5.96. The van der Waals surface area contributed by atoms with Crippen molar-refractivity contribution in [2.45, 2.75) is 26.4 Å². The highest BCUT2D eigenvalue weighted by molar-refractivity contribution is 4.37. The molecule has 1 unspecified atom stereocenters. The predicted octanol–water partition coefficient (Wildman–Crippen LogP) is 0.725. The molecule has 0 spiro atoms. The topological polar surface area (TPSA) is 38.7 Å². The van der Waals surface area contributed by atoms with Gasteiger partial charge in [-0.25, -0.2) is 9.78 Å². The highest BCUT2D eigenvalue weighted by Crippen LogP contribution is 1.94. The molecule has 56 valence electrons. The standard InChI is InChI=1S/C6H14O3/c1-3-6(2)9-8-5-4-7/h6-7H,3-5H2,1-2H3. The molecule has 0 aromatic heterocycles. The maximum Gasteiger partial charge on any atom is 0.105 e. The van der Waals surface area contributed by atoms with Crippen molar-refractivity contribution in [3.05, 3.63) is 0 Å². The zero-order valence-corrected chi connectivity index (χ0v) is 5.96. The van der Waals surface area contributed by atoms with Crippen LogP contribution in [-0.2, 0) is 9.78 Å². The van der Waals surface area contributed by atoms with Gasteiger partial charge in [0, 0.05) is 0 Å². The largest absolute Gasteiger partial charge is 0.394 e. The fourth-order valence-electron chi connectivity index (χ4n) is 0.270. The fourth-order valence-corrected chi connectivity index (χ4v) is 0.270. The van der Waals surface area contributed by atoms with Crippen molar-refractivity contribution in [2.24, 2.45) is 0 Å². The molecular weight excluding hydrogens is 120 g/mol. The molecule has 0 aromatic carbocycles. The molecule has 0 saturated carbocycles. The second kappa shape index (κ2) is 6.01. The van der Waals surface area contributed by atoms with Crippen molar-refractivity contribution in [1.29, 1.82) is 0 Å². The van der Waals surface area contributed by atoms with E-state index in [0.29, 0.717) is 0 Å². The van der Waals surface area contributed by atoms with Gasteiger partial charge in [0.2, 0.25) is 0 Å². The minimum Gasteiger partial charge on any atom is -0.394 e. The Balaban J connectivity index is 2.88. The maximum absolute atomic E-state index is 8.25. The Hall–Kier alpha value is -0.120. The quantitative estimate of drug-likeness (QED) is 0.342. The molecule has 0 bridgehead atoms. The molecule has 0 aromatic rings. The first-order valence-corrected chi connectivity index (χ1v) is 3.20. The Bertz CT molecular complexity index is 56.3. The lowest BCUT2D eigenvalue weighted by molar-refractivity contribution is -0.323. The van der Waals surface area contributed by atoms with E-state index in [9.17, 15) is 0 Å². The molecule has 3 nitrogen and oxygen atoms in total. The van der Waals surface area contributed by atoms with Crippen LogP contribution in [0.15, 0.2) is 0 Å². The van der Waals surface area contributed by atoms with Gasteiger partial charge in [0.05, 0.1) is 12.7 Å². The van der Waals surface area contributed by atoms with Gasteiger partial charge in [-0.05, 0) is 13.3 Å². The molecule has 0 saturated heterocycles. The Labute approximate surface area is 55.5 Å². The summed E-state index contributed by atoms with van der Waals surface area (Å²) < 4.78 is 0. The van der Waals surface area contributed by atoms with Crippen LogP contribution in [0.4, 0.5) is 0 Å². The molecular formula is C6H14O3. The van der Waals surface area contributed by atoms with Crippen LogP contribution < -0.4 is 0 Å². The van der Waals surface area contributed by atoms with Gasteiger partial charge in [-0.2, -0.15) is 0 Å². The monoisotopic (exact) mass is 134 g/mol. The first kappa shape index (κ1) is 8.88. The lowest BCUT2D eigenvalue weighted by Crippen LogP contribution is -2.09. The summed E-state index contributed by atoms with van der Waals surface area (Å²) in [4.78, 5) is 9.36. The molecule has 0 aliphatic heterocycles. The SMILES string of the molecule is CCC(C)OOCCO. The van der Waals surface area contributed by atoms with E-state index >= 15 is 0 Å². The van der Waals surface area contributed by atoms with Crippen LogP contribution in [0, 0.1) is 0 Å². The predicted molar refractivity (Wildman–Crippen MR) is 33.9 cm³/mol. The third kappa shape index (κ3) is 5.76. The van der Waals surface area contributed by atoms with Gasteiger partial charge in [-0.15, -0.1) is 0 Å². The third-order valence-electron chi connectivity index (χ3n) is 0.982.